The van der Waals surface area contributed by atoms with Crippen molar-refractivity contribution in [3.63, 3.8) is 0 Å². The lowest BCUT2D eigenvalue weighted by Crippen LogP contribution is -2.47. The summed E-state index contributed by atoms with van der Waals surface area (Å²) in [5, 5.41) is 3.64. The number of hydroxylamine groups is 2. The summed E-state index contributed by atoms with van der Waals surface area (Å²) < 4.78 is 10.7. The molecule has 7 nitrogen and oxygen atoms in total. The number of carbonyl (C=O) groups excluding carboxylic acids is 2. The Kier molecular flexibility index (Phi) is 7.67. The Morgan fingerprint density at radius 3 is 2.38 bits per heavy atom. The molecule has 0 unspecified atom stereocenters. The van der Waals surface area contributed by atoms with Crippen LogP contribution >= 0.6 is 0 Å². The van der Waals surface area contributed by atoms with Gasteiger partial charge < -0.3 is 14.8 Å². The van der Waals surface area contributed by atoms with Crippen LogP contribution in [0, 0.1) is 0 Å². The third kappa shape index (κ3) is 7.43. The molecule has 0 saturated carbocycles. The monoisotopic (exact) mass is 338 g/mol. The topological polar surface area (TPSA) is 77.1 Å². The van der Waals surface area contributed by atoms with E-state index >= 15 is 0 Å². The molecule has 1 N–H and O–H groups in total. The van der Waals surface area contributed by atoms with Gasteiger partial charge in [0.05, 0.1) is 20.3 Å². The van der Waals surface area contributed by atoms with Crippen molar-refractivity contribution in [3.8, 4) is 0 Å². The molecule has 0 saturated heterocycles. The number of hydrogen-bond donors (Lipinski definition) is 1. The zero-order valence-electron chi connectivity index (χ0n) is 14.9. The Hall–Kier alpha value is -2.12. The van der Waals surface area contributed by atoms with Gasteiger partial charge in [0.2, 0.25) is 6.10 Å². The molecule has 7 heteroatoms. The van der Waals surface area contributed by atoms with Gasteiger partial charge in [-0.05, 0) is 26.3 Å². The summed E-state index contributed by atoms with van der Waals surface area (Å²) in [6, 6.07) is 9.51. The number of amides is 2. The number of nitrogens with one attached hydrogen (secondary N) is 1. The molecule has 0 aliphatic rings. The molecule has 1 aromatic carbocycles. The van der Waals surface area contributed by atoms with Crippen molar-refractivity contribution in [2.24, 2.45) is 0 Å². The quantitative estimate of drug-likeness (QED) is 0.771. The molecular weight excluding hydrogens is 312 g/mol. The van der Waals surface area contributed by atoms with Crippen molar-refractivity contribution >= 4 is 12.0 Å². The molecule has 1 rings (SSSR count). The van der Waals surface area contributed by atoms with Crippen molar-refractivity contribution < 1.29 is 23.9 Å². The molecule has 134 valence electrons. The Bertz CT molecular complexity index is 528. The zero-order chi connectivity index (χ0) is 18.2. The summed E-state index contributed by atoms with van der Waals surface area (Å²) in [6.07, 6.45) is -1.78. The minimum Gasteiger partial charge on any atom is -0.433 e. The molecule has 0 fully saturated rings. The number of hydrogen-bond acceptors (Lipinski definition) is 5. The van der Waals surface area contributed by atoms with Gasteiger partial charge in [-0.2, -0.15) is 0 Å². The first-order valence-corrected chi connectivity index (χ1v) is 7.65. The first-order valence-electron chi connectivity index (χ1n) is 7.65. The van der Waals surface area contributed by atoms with Gasteiger partial charge in [0.15, 0.2) is 0 Å². The summed E-state index contributed by atoms with van der Waals surface area (Å²) in [6.45, 7) is 5.69. The van der Waals surface area contributed by atoms with Crippen LogP contribution in [0.15, 0.2) is 30.3 Å². The predicted octanol–water partition coefficient (Wildman–Crippen LogP) is 2.12. The number of benzene rings is 1. The summed E-state index contributed by atoms with van der Waals surface area (Å²) in [7, 11) is 2.80. The summed E-state index contributed by atoms with van der Waals surface area (Å²) in [5.74, 6) is -0.505. The molecule has 0 radical (unpaired) electrons. The third-order valence-corrected chi connectivity index (χ3v) is 2.97. The van der Waals surface area contributed by atoms with Crippen LogP contribution in [0.4, 0.5) is 4.79 Å². The fourth-order valence-corrected chi connectivity index (χ4v) is 1.77. The van der Waals surface area contributed by atoms with Crippen molar-refractivity contribution in [2.75, 3.05) is 20.8 Å². The second-order valence-electron chi connectivity index (χ2n) is 6.29. The number of rotatable bonds is 7. The summed E-state index contributed by atoms with van der Waals surface area (Å²) in [4.78, 5) is 29.0. The smallest absolute Gasteiger partial charge is 0.408 e. The highest BCUT2D eigenvalue weighted by molar-refractivity contribution is 5.82. The Morgan fingerprint density at radius 1 is 1.21 bits per heavy atom. The van der Waals surface area contributed by atoms with Crippen LogP contribution in [0.2, 0.25) is 0 Å². The number of alkyl carbamates (subject to hydrolysis) is 1. The van der Waals surface area contributed by atoms with E-state index in [0.717, 1.165) is 10.6 Å². The van der Waals surface area contributed by atoms with Crippen molar-refractivity contribution in [2.45, 2.75) is 39.0 Å². The van der Waals surface area contributed by atoms with Gasteiger partial charge >= 0.3 is 6.09 Å². The van der Waals surface area contributed by atoms with E-state index in [1.807, 2.05) is 51.1 Å². The Morgan fingerprint density at radius 2 is 1.83 bits per heavy atom. The maximum Gasteiger partial charge on any atom is 0.408 e. The van der Waals surface area contributed by atoms with E-state index in [9.17, 15) is 9.59 Å². The minimum atomic E-state index is -1.10. The normalized spacial score (nSPS) is 12.4. The van der Waals surface area contributed by atoms with E-state index in [0.29, 0.717) is 6.61 Å². The summed E-state index contributed by atoms with van der Waals surface area (Å²) in [5.41, 5.74) is 0.492. The van der Waals surface area contributed by atoms with E-state index in [4.69, 9.17) is 14.3 Å². The standard InChI is InChI=1S/C17H26N2O5/c1-17(2,3)18-16(21)24-14(15(20)19(4)22-5)12-23-11-13-9-7-6-8-10-13/h6-10,14H,11-12H2,1-5H3,(H,18,21)/t14-/m1/s1. The minimum absolute atomic E-state index is 0.0704. The lowest BCUT2D eigenvalue weighted by Gasteiger charge is -2.25. The van der Waals surface area contributed by atoms with Gasteiger partial charge in [-0.3, -0.25) is 9.63 Å². The van der Waals surface area contributed by atoms with Crippen molar-refractivity contribution in [1.29, 1.82) is 0 Å². The lowest BCUT2D eigenvalue weighted by atomic mass is 10.1. The Labute approximate surface area is 142 Å². The fraction of sp³-hybridized carbons (Fsp3) is 0.529. The maximum absolute atomic E-state index is 12.2. The van der Waals surface area contributed by atoms with Crippen LogP contribution < -0.4 is 5.32 Å². The van der Waals surface area contributed by atoms with Gasteiger partial charge in [-0.1, -0.05) is 30.3 Å². The maximum atomic E-state index is 12.2. The van der Waals surface area contributed by atoms with Crippen molar-refractivity contribution in [1.82, 2.24) is 10.4 Å². The summed E-state index contributed by atoms with van der Waals surface area (Å²) >= 11 is 0. The number of nitrogens with zero attached hydrogens (tertiary/aromatic N) is 1. The molecule has 0 aliphatic heterocycles. The molecule has 2 amide bonds. The SMILES string of the molecule is CON(C)C(=O)[C@@H](COCc1ccccc1)OC(=O)NC(C)(C)C. The van der Waals surface area contributed by atoms with Gasteiger partial charge in [-0.15, -0.1) is 0 Å². The molecule has 0 aromatic heterocycles. The molecule has 0 heterocycles. The number of likely N-dealkylation sites (N-methyl/N-ethyl adjacent to an activating group) is 1. The first kappa shape index (κ1) is 19.9. The van der Waals surface area contributed by atoms with Crippen LogP contribution in [-0.4, -0.2) is 49.5 Å². The molecular formula is C17H26N2O5. The largest absolute Gasteiger partial charge is 0.433 e. The highest BCUT2D eigenvalue weighted by Crippen LogP contribution is 2.06. The zero-order valence-corrected chi connectivity index (χ0v) is 14.9. The van der Waals surface area contributed by atoms with Crippen molar-refractivity contribution in [3.05, 3.63) is 35.9 Å². The van der Waals surface area contributed by atoms with Gasteiger partial charge in [0.1, 0.15) is 0 Å². The number of ether oxygens (including phenoxy) is 2. The first-order chi connectivity index (χ1) is 11.2. The second-order valence-corrected chi connectivity index (χ2v) is 6.29. The van der Waals surface area contributed by atoms with Crippen LogP contribution in [-0.2, 0) is 25.7 Å². The Balaban J connectivity index is 2.63. The van der Waals surface area contributed by atoms with E-state index in [2.05, 4.69) is 5.32 Å². The van der Waals surface area contributed by atoms with Crippen LogP contribution in [0.25, 0.3) is 0 Å². The van der Waals surface area contributed by atoms with E-state index < -0.39 is 23.6 Å². The van der Waals surface area contributed by atoms with E-state index in [1.165, 1.54) is 14.2 Å². The third-order valence-electron chi connectivity index (χ3n) is 2.97. The van der Waals surface area contributed by atoms with Crippen LogP contribution in [0.3, 0.4) is 0 Å². The lowest BCUT2D eigenvalue weighted by molar-refractivity contribution is -0.180. The molecule has 1 aromatic rings. The highest BCUT2D eigenvalue weighted by Gasteiger charge is 2.28. The molecule has 0 bridgehead atoms. The predicted molar refractivity (Wildman–Crippen MR) is 89.0 cm³/mol. The fourth-order valence-electron chi connectivity index (χ4n) is 1.77. The van der Waals surface area contributed by atoms with E-state index in [-0.39, 0.29) is 6.61 Å². The molecule has 0 spiro atoms. The van der Waals surface area contributed by atoms with Crippen LogP contribution in [0.1, 0.15) is 26.3 Å². The van der Waals surface area contributed by atoms with Gasteiger partial charge in [0, 0.05) is 12.6 Å². The second kappa shape index (κ2) is 9.24. The average Bonchev–Trinajstić information content (AvgIpc) is 2.51. The van der Waals surface area contributed by atoms with E-state index in [1.54, 1.807) is 0 Å². The molecule has 24 heavy (non-hydrogen) atoms. The number of carbonyl (C=O) groups is 2. The molecule has 1 atom stereocenters. The van der Waals surface area contributed by atoms with Gasteiger partial charge in [0.25, 0.3) is 5.91 Å². The highest BCUT2D eigenvalue weighted by atomic mass is 16.7. The van der Waals surface area contributed by atoms with Crippen LogP contribution in [0.5, 0.6) is 0 Å². The molecule has 0 aliphatic carbocycles. The van der Waals surface area contributed by atoms with Gasteiger partial charge in [-0.25, -0.2) is 9.86 Å². The average molecular weight is 338 g/mol.